The van der Waals surface area contributed by atoms with Crippen molar-refractivity contribution in [3.8, 4) is 0 Å². The van der Waals surface area contributed by atoms with Crippen molar-refractivity contribution in [3.05, 3.63) is 0 Å². The Morgan fingerprint density at radius 3 is 1.61 bits per heavy atom. The minimum atomic E-state index is -6.79. The first-order chi connectivity index (χ1) is 7.81. The van der Waals surface area contributed by atoms with Crippen molar-refractivity contribution < 1.29 is 43.6 Å². The van der Waals surface area contributed by atoms with Gasteiger partial charge < -0.3 is 4.12 Å². The van der Waals surface area contributed by atoms with E-state index < -0.39 is 46.2 Å². The third-order valence-corrected chi connectivity index (χ3v) is 3.79. The van der Waals surface area contributed by atoms with Crippen molar-refractivity contribution in [2.45, 2.75) is 36.4 Å². The summed E-state index contributed by atoms with van der Waals surface area (Å²) in [4.78, 5) is 0. The number of halogens is 9. The highest BCUT2D eigenvalue weighted by Crippen LogP contribution is 2.54. The smallest absolute Gasteiger partial charge is 0.460 e. The topological polar surface area (TPSA) is 9.23 Å². The first-order valence-corrected chi connectivity index (χ1v) is 6.54. The quantitative estimate of drug-likeness (QED) is 0.412. The number of rotatable bonds is 6. The predicted octanol–water partition coefficient (Wildman–Crippen LogP) is 1.91. The summed E-state index contributed by atoms with van der Waals surface area (Å²) in [6.45, 7) is 0. The van der Waals surface area contributed by atoms with Crippen molar-refractivity contribution in [1.82, 2.24) is 0 Å². The largest absolute Gasteiger partial charge is 0.466 e. The average molecular weight is 323 g/mol. The molecule has 0 aromatic rings. The molecule has 0 aliphatic carbocycles. The van der Waals surface area contributed by atoms with Crippen molar-refractivity contribution in [2.24, 2.45) is 0 Å². The minimum absolute atomic E-state index is 0.639. The van der Waals surface area contributed by atoms with Gasteiger partial charge in [-0.15, -0.1) is 0 Å². The Morgan fingerprint density at radius 1 is 0.833 bits per heavy atom. The van der Waals surface area contributed by atoms with Gasteiger partial charge in [0, 0.05) is 6.42 Å². The minimum Gasteiger partial charge on any atom is -0.466 e. The lowest BCUT2D eigenvalue weighted by Crippen LogP contribution is -2.60. The van der Waals surface area contributed by atoms with Crippen LogP contribution in [-0.2, 0) is 4.12 Å². The zero-order valence-corrected chi connectivity index (χ0v) is 11.5. The SMILES string of the molecule is FC(F)(F)C(F)(F)C(F)(F)C(F)(F)CC[SiH2]O[SiH2]. The van der Waals surface area contributed by atoms with E-state index in [0.717, 1.165) is 10.5 Å². The van der Waals surface area contributed by atoms with E-state index in [2.05, 4.69) is 4.12 Å². The van der Waals surface area contributed by atoms with Crippen LogP contribution in [0.3, 0.4) is 0 Å². The molecule has 0 bridgehead atoms. The Labute approximate surface area is 101 Å². The molecule has 0 fully saturated rings. The molecule has 0 aliphatic rings. The highest BCUT2D eigenvalue weighted by molar-refractivity contribution is 6.34. The van der Waals surface area contributed by atoms with Gasteiger partial charge in [-0.25, -0.2) is 0 Å². The maximum Gasteiger partial charge on any atom is 0.460 e. The van der Waals surface area contributed by atoms with Crippen LogP contribution < -0.4 is 0 Å². The maximum atomic E-state index is 12.8. The molecule has 0 aliphatic heterocycles. The van der Waals surface area contributed by atoms with Crippen molar-refractivity contribution in [3.63, 3.8) is 0 Å². The van der Waals surface area contributed by atoms with E-state index in [1.807, 2.05) is 0 Å². The fraction of sp³-hybridized carbons (Fsp3) is 1.00. The van der Waals surface area contributed by atoms with Gasteiger partial charge in [-0.3, -0.25) is 0 Å². The molecule has 0 saturated heterocycles. The van der Waals surface area contributed by atoms with E-state index in [0.29, 0.717) is 0 Å². The second-order valence-electron chi connectivity index (χ2n) is 3.36. The van der Waals surface area contributed by atoms with Crippen LogP contribution in [0.2, 0.25) is 6.04 Å². The van der Waals surface area contributed by atoms with Gasteiger partial charge in [-0.2, -0.15) is 39.5 Å². The molecule has 0 aromatic heterocycles. The molecule has 0 rings (SSSR count). The zero-order chi connectivity index (χ0) is 14.8. The van der Waals surface area contributed by atoms with Crippen LogP contribution in [0.5, 0.6) is 0 Å². The van der Waals surface area contributed by atoms with Crippen LogP contribution in [0, 0.1) is 0 Å². The van der Waals surface area contributed by atoms with Crippen molar-refractivity contribution >= 4 is 20.2 Å². The van der Waals surface area contributed by atoms with E-state index in [4.69, 9.17) is 0 Å². The summed E-state index contributed by atoms with van der Waals surface area (Å²) in [5, 5.41) is 0. The van der Waals surface area contributed by atoms with Gasteiger partial charge >= 0.3 is 23.9 Å². The number of hydrogen-bond donors (Lipinski definition) is 0. The second kappa shape index (κ2) is 5.40. The lowest BCUT2D eigenvalue weighted by Gasteiger charge is -2.33. The Kier molecular flexibility index (Phi) is 5.33. The summed E-state index contributed by atoms with van der Waals surface area (Å²) < 4.78 is 115. The standard InChI is InChI=1S/C6H8F9OSi2/c7-3(8,1-2-18-16-17)4(9,10)5(11,12)6(13,14)15/h1-2,17-18H2. The first kappa shape index (κ1) is 17.8. The lowest BCUT2D eigenvalue weighted by molar-refractivity contribution is -0.396. The van der Waals surface area contributed by atoms with Gasteiger partial charge in [0.15, 0.2) is 10.5 Å². The number of alkyl halides is 9. The Balaban J connectivity index is 5.11. The summed E-state index contributed by atoms with van der Waals surface area (Å²) in [7, 11) is -0.716. The number of hydrogen-bond acceptors (Lipinski definition) is 1. The normalized spacial score (nSPS) is 15.7. The van der Waals surface area contributed by atoms with E-state index in [1.54, 1.807) is 0 Å². The highest BCUT2D eigenvalue weighted by Gasteiger charge is 2.81. The molecule has 0 saturated carbocycles. The van der Waals surface area contributed by atoms with E-state index >= 15 is 0 Å². The van der Waals surface area contributed by atoms with Crippen LogP contribution in [0.25, 0.3) is 0 Å². The molecule has 1 nitrogen and oxygen atoms in total. The van der Waals surface area contributed by atoms with Gasteiger partial charge in [-0.1, -0.05) is 0 Å². The average Bonchev–Trinajstić information content (AvgIpc) is 2.15. The molecule has 18 heavy (non-hydrogen) atoms. The lowest BCUT2D eigenvalue weighted by atomic mass is 10.0. The van der Waals surface area contributed by atoms with Gasteiger partial charge in [-0.05, 0) is 6.04 Å². The molecule has 0 aromatic carbocycles. The fourth-order valence-corrected chi connectivity index (χ4v) is 2.37. The molecule has 0 atom stereocenters. The fourth-order valence-electron chi connectivity index (χ4n) is 0.961. The molecule has 0 amide bonds. The summed E-state index contributed by atoms with van der Waals surface area (Å²) in [6.07, 6.45) is -8.53. The molecule has 0 heterocycles. The molecule has 1 radical (unpaired) electrons. The third-order valence-electron chi connectivity index (χ3n) is 1.99. The maximum absolute atomic E-state index is 12.8. The first-order valence-electron chi connectivity index (χ1n) is 4.38. The second-order valence-corrected chi connectivity index (χ2v) is 6.11. The predicted molar refractivity (Wildman–Crippen MR) is 48.5 cm³/mol. The van der Waals surface area contributed by atoms with Gasteiger partial charge in [0.1, 0.15) is 9.76 Å². The Bertz CT molecular complexity index is 277. The van der Waals surface area contributed by atoms with Crippen LogP contribution >= 0.6 is 0 Å². The molecule has 109 valence electrons. The van der Waals surface area contributed by atoms with Crippen LogP contribution in [0.4, 0.5) is 39.5 Å². The van der Waals surface area contributed by atoms with E-state index in [-0.39, 0.29) is 0 Å². The summed E-state index contributed by atoms with van der Waals surface area (Å²) in [6, 6.07) is -0.639. The molecular formula is C6H8F9OSi2. The van der Waals surface area contributed by atoms with Crippen LogP contribution in [-0.4, -0.2) is 44.2 Å². The van der Waals surface area contributed by atoms with E-state index in [9.17, 15) is 39.5 Å². The monoisotopic (exact) mass is 323 g/mol. The van der Waals surface area contributed by atoms with Crippen molar-refractivity contribution in [1.29, 1.82) is 0 Å². The summed E-state index contributed by atoms with van der Waals surface area (Å²) >= 11 is 0. The molecular weight excluding hydrogens is 315 g/mol. The Morgan fingerprint density at radius 2 is 1.28 bits per heavy atom. The van der Waals surface area contributed by atoms with Crippen LogP contribution in [0.1, 0.15) is 6.42 Å². The van der Waals surface area contributed by atoms with Crippen molar-refractivity contribution in [2.75, 3.05) is 0 Å². The van der Waals surface area contributed by atoms with Gasteiger partial charge in [0.25, 0.3) is 0 Å². The summed E-state index contributed by atoms with van der Waals surface area (Å²) in [5.41, 5.74) is 0. The molecule has 0 unspecified atom stereocenters. The van der Waals surface area contributed by atoms with E-state index in [1.165, 1.54) is 0 Å². The molecule has 12 heteroatoms. The van der Waals surface area contributed by atoms with Crippen LogP contribution in [0.15, 0.2) is 0 Å². The molecule has 0 N–H and O–H groups in total. The van der Waals surface area contributed by atoms with Gasteiger partial charge in [0.05, 0.1) is 0 Å². The Hall–Kier alpha value is -0.236. The molecule has 0 spiro atoms. The zero-order valence-electron chi connectivity index (χ0n) is 8.64. The van der Waals surface area contributed by atoms with Gasteiger partial charge in [0.2, 0.25) is 0 Å². The third kappa shape index (κ3) is 3.20. The highest BCUT2D eigenvalue weighted by atomic mass is 28.3. The summed E-state index contributed by atoms with van der Waals surface area (Å²) in [5.74, 6) is -18.7.